The van der Waals surface area contributed by atoms with Crippen molar-refractivity contribution in [1.82, 2.24) is 14.7 Å². The molecule has 0 bridgehead atoms. The van der Waals surface area contributed by atoms with Crippen molar-refractivity contribution >= 4 is 5.91 Å². The van der Waals surface area contributed by atoms with Gasteiger partial charge in [-0.05, 0) is 24.3 Å². The highest BCUT2D eigenvalue weighted by molar-refractivity contribution is 5.94. The highest BCUT2D eigenvalue weighted by Gasteiger charge is 2.44. The number of piperidine rings is 1. The van der Waals surface area contributed by atoms with E-state index in [1.807, 2.05) is 0 Å². The average molecular weight is 345 g/mol. The molecule has 2 aromatic rings. The highest BCUT2D eigenvalue weighted by Crippen LogP contribution is 2.43. The molecule has 132 valence electrons. The molecule has 0 radical (unpaired) electrons. The zero-order valence-electron chi connectivity index (χ0n) is 14.0. The van der Waals surface area contributed by atoms with Crippen molar-refractivity contribution in [2.75, 3.05) is 13.1 Å². The van der Waals surface area contributed by atoms with E-state index >= 15 is 0 Å². The number of carbonyl (C=O) groups excluding carboxylic acids is 1. The third-order valence-corrected chi connectivity index (χ3v) is 5.08. The van der Waals surface area contributed by atoms with E-state index in [2.05, 4.69) is 5.10 Å². The number of aromatic nitrogens is 2. The van der Waals surface area contributed by atoms with E-state index in [4.69, 9.17) is 4.74 Å². The lowest BCUT2D eigenvalue weighted by atomic mass is 9.83. The third kappa shape index (κ3) is 2.89. The first-order valence-electron chi connectivity index (χ1n) is 8.41. The van der Waals surface area contributed by atoms with Gasteiger partial charge in [-0.3, -0.25) is 9.48 Å². The second-order valence-corrected chi connectivity index (χ2v) is 6.86. The lowest BCUT2D eigenvalue weighted by Crippen LogP contribution is -2.51. The molecular weight excluding hydrogens is 325 g/mol. The molecule has 1 aromatic heterocycles. The molecule has 2 aliphatic rings. The van der Waals surface area contributed by atoms with Crippen LogP contribution < -0.4 is 4.74 Å². The number of amides is 1. The normalized spacial score (nSPS) is 21.7. The van der Waals surface area contributed by atoms with Gasteiger partial charge in [0.05, 0.1) is 6.20 Å². The van der Waals surface area contributed by atoms with Crippen LogP contribution in [0.2, 0.25) is 0 Å². The Labute approximate surface area is 144 Å². The summed E-state index contributed by atoms with van der Waals surface area (Å²) in [5.74, 6) is 0.166. The van der Waals surface area contributed by atoms with Crippen LogP contribution in [0.25, 0.3) is 0 Å². The number of hydrogen-bond acceptors (Lipinski definition) is 4. The number of aliphatic hydroxyl groups is 1. The Morgan fingerprint density at radius 1 is 1.32 bits per heavy atom. The molecule has 1 saturated heterocycles. The van der Waals surface area contributed by atoms with E-state index in [9.17, 15) is 14.3 Å². The number of aryl methyl sites for hydroxylation is 1. The smallest absolute Gasteiger partial charge is 0.253 e. The van der Waals surface area contributed by atoms with E-state index < -0.39 is 11.7 Å². The largest absolute Gasteiger partial charge is 0.483 e. The van der Waals surface area contributed by atoms with E-state index in [1.54, 1.807) is 22.8 Å². The first-order valence-corrected chi connectivity index (χ1v) is 8.41. The van der Waals surface area contributed by atoms with Gasteiger partial charge in [0.2, 0.25) is 0 Å². The van der Waals surface area contributed by atoms with Crippen molar-refractivity contribution in [3.8, 4) is 5.75 Å². The number of ether oxygens (including phenoxy) is 1. The summed E-state index contributed by atoms with van der Waals surface area (Å²) >= 11 is 0. The maximum absolute atomic E-state index is 13.0. The van der Waals surface area contributed by atoms with Crippen molar-refractivity contribution in [3.05, 3.63) is 47.5 Å². The second kappa shape index (κ2) is 5.84. The Bertz CT molecular complexity index is 794. The summed E-state index contributed by atoms with van der Waals surface area (Å²) in [5.41, 5.74) is 0.601. The summed E-state index contributed by atoms with van der Waals surface area (Å²) in [6.45, 7) is 1.08. The zero-order valence-corrected chi connectivity index (χ0v) is 14.0. The van der Waals surface area contributed by atoms with E-state index in [-0.39, 0.29) is 11.7 Å². The number of nitrogens with zero attached hydrogens (tertiary/aromatic N) is 3. The van der Waals surface area contributed by atoms with Gasteiger partial charge in [0.25, 0.3) is 5.91 Å². The van der Waals surface area contributed by atoms with E-state index in [0.29, 0.717) is 49.4 Å². The van der Waals surface area contributed by atoms with Gasteiger partial charge < -0.3 is 14.7 Å². The minimum atomic E-state index is -0.649. The lowest BCUT2D eigenvalue weighted by molar-refractivity contribution is -0.0504. The molecule has 1 atom stereocenters. The zero-order chi connectivity index (χ0) is 17.6. The quantitative estimate of drug-likeness (QED) is 0.859. The van der Waals surface area contributed by atoms with Crippen molar-refractivity contribution in [2.45, 2.75) is 31.0 Å². The molecule has 1 fully saturated rings. The molecule has 2 aliphatic heterocycles. The summed E-state index contributed by atoms with van der Waals surface area (Å²) in [4.78, 5) is 14.3. The maximum Gasteiger partial charge on any atom is 0.253 e. The van der Waals surface area contributed by atoms with Crippen LogP contribution in [0.3, 0.4) is 0 Å². The summed E-state index contributed by atoms with van der Waals surface area (Å²) in [5, 5.41) is 14.6. The third-order valence-electron chi connectivity index (χ3n) is 5.08. The van der Waals surface area contributed by atoms with Crippen LogP contribution >= 0.6 is 0 Å². The van der Waals surface area contributed by atoms with Crippen molar-refractivity contribution < 1.29 is 19.0 Å². The van der Waals surface area contributed by atoms with Gasteiger partial charge in [-0.15, -0.1) is 0 Å². The molecule has 25 heavy (non-hydrogen) atoms. The van der Waals surface area contributed by atoms with Crippen molar-refractivity contribution in [3.63, 3.8) is 0 Å². The topological polar surface area (TPSA) is 67.6 Å². The molecule has 0 aliphatic carbocycles. The maximum atomic E-state index is 13.0. The van der Waals surface area contributed by atoms with Crippen LogP contribution in [0.5, 0.6) is 5.75 Å². The summed E-state index contributed by atoms with van der Waals surface area (Å²) in [6, 6.07) is 5.60. The van der Waals surface area contributed by atoms with Crippen LogP contribution in [0.15, 0.2) is 30.5 Å². The summed E-state index contributed by atoms with van der Waals surface area (Å²) < 4.78 is 20.8. The van der Waals surface area contributed by atoms with Crippen molar-refractivity contribution in [2.24, 2.45) is 7.05 Å². The molecule has 4 rings (SSSR count). The lowest BCUT2D eigenvalue weighted by Gasteiger charge is -2.44. The molecule has 3 heterocycles. The SMILES string of the molecule is Cn1cc2c(n1)C(O)CC1(CCN(C(=O)c3ccc(F)cc3)CC1)O2. The highest BCUT2D eigenvalue weighted by atomic mass is 19.1. The number of rotatable bonds is 1. The van der Waals surface area contributed by atoms with Crippen molar-refractivity contribution in [1.29, 1.82) is 0 Å². The molecule has 1 aromatic carbocycles. The molecule has 0 saturated carbocycles. The molecule has 1 amide bonds. The van der Waals surface area contributed by atoms with Gasteiger partial charge in [0, 0.05) is 45.0 Å². The number of fused-ring (bicyclic) bond motifs is 1. The molecule has 1 N–H and O–H groups in total. The fourth-order valence-electron chi connectivity index (χ4n) is 3.72. The van der Waals surface area contributed by atoms with Gasteiger partial charge in [-0.25, -0.2) is 4.39 Å². The molecular formula is C18H20FN3O3. The molecule has 1 unspecified atom stereocenters. The van der Waals surface area contributed by atoms with Gasteiger partial charge in [0.1, 0.15) is 23.2 Å². The number of halogens is 1. The minimum Gasteiger partial charge on any atom is -0.483 e. The van der Waals surface area contributed by atoms with Gasteiger partial charge in [-0.2, -0.15) is 5.10 Å². The van der Waals surface area contributed by atoms with Gasteiger partial charge in [-0.1, -0.05) is 0 Å². The van der Waals surface area contributed by atoms with Gasteiger partial charge in [0.15, 0.2) is 5.75 Å². The molecule has 7 heteroatoms. The number of carbonyl (C=O) groups is 1. The van der Waals surface area contributed by atoms with E-state index in [0.717, 1.165) is 0 Å². The predicted octanol–water partition coefficient (Wildman–Crippen LogP) is 2.05. The number of aliphatic hydroxyl groups excluding tert-OH is 1. The molecule has 1 spiro atoms. The number of likely N-dealkylation sites (tertiary alicyclic amines) is 1. The molecule has 6 nitrogen and oxygen atoms in total. The van der Waals surface area contributed by atoms with Crippen LogP contribution in [-0.2, 0) is 7.05 Å². The van der Waals surface area contributed by atoms with Crippen LogP contribution in [0.1, 0.15) is 41.4 Å². The van der Waals surface area contributed by atoms with E-state index in [1.165, 1.54) is 24.3 Å². The Hall–Kier alpha value is -2.41. The fraction of sp³-hybridized carbons (Fsp3) is 0.444. The Balaban J connectivity index is 1.46. The second-order valence-electron chi connectivity index (χ2n) is 6.86. The standard InChI is InChI=1S/C18H20FN3O3/c1-21-11-15-16(20-21)14(23)10-18(25-15)6-8-22(9-7-18)17(24)12-2-4-13(19)5-3-12/h2-5,11,14,23H,6-10H2,1H3. The van der Waals surface area contributed by atoms with Crippen LogP contribution in [-0.4, -0.2) is 44.4 Å². The Morgan fingerprint density at radius 3 is 2.68 bits per heavy atom. The minimum absolute atomic E-state index is 0.103. The number of benzene rings is 1. The Kier molecular flexibility index (Phi) is 3.76. The predicted molar refractivity (Wildman–Crippen MR) is 87.7 cm³/mol. The first kappa shape index (κ1) is 16.1. The van der Waals surface area contributed by atoms with Gasteiger partial charge >= 0.3 is 0 Å². The summed E-state index contributed by atoms with van der Waals surface area (Å²) in [6.07, 6.45) is 2.89. The Morgan fingerprint density at radius 2 is 2.00 bits per heavy atom. The summed E-state index contributed by atoms with van der Waals surface area (Å²) in [7, 11) is 1.80. The first-order chi connectivity index (χ1) is 12.0. The monoisotopic (exact) mass is 345 g/mol. The number of hydrogen-bond donors (Lipinski definition) is 1. The fourth-order valence-corrected chi connectivity index (χ4v) is 3.72. The van der Waals surface area contributed by atoms with Crippen LogP contribution in [0.4, 0.5) is 4.39 Å². The average Bonchev–Trinajstić information content (AvgIpc) is 2.96. The van der Waals surface area contributed by atoms with Crippen LogP contribution in [0, 0.1) is 5.82 Å².